The number of hydrogen-bond donors (Lipinski definition) is 1. The van der Waals surface area contributed by atoms with Crippen LogP contribution in [0, 0.1) is 5.82 Å². The van der Waals surface area contributed by atoms with Crippen LogP contribution in [0.2, 0.25) is 5.02 Å². The van der Waals surface area contributed by atoms with E-state index in [2.05, 4.69) is 22.1 Å². The third-order valence-electron chi connectivity index (χ3n) is 3.57. The fourth-order valence-electron chi connectivity index (χ4n) is 2.40. The number of allylic oxidation sites excluding steroid dienone is 1. The van der Waals surface area contributed by atoms with Gasteiger partial charge in [0.2, 0.25) is 5.91 Å². The van der Waals surface area contributed by atoms with E-state index in [1.807, 2.05) is 4.57 Å². The topological polar surface area (TPSA) is 59.8 Å². The first-order valence-electron chi connectivity index (χ1n) is 8.05. The normalized spacial score (nSPS) is 10.6. The summed E-state index contributed by atoms with van der Waals surface area (Å²) in [4.78, 5) is 12.2. The summed E-state index contributed by atoms with van der Waals surface area (Å²) in [7, 11) is 0. The van der Waals surface area contributed by atoms with E-state index in [-0.39, 0.29) is 17.5 Å². The lowest BCUT2D eigenvalue weighted by molar-refractivity contribution is -0.113. The minimum Gasteiger partial charge on any atom is -0.325 e. The van der Waals surface area contributed by atoms with Crippen LogP contribution in [-0.4, -0.2) is 26.4 Å². The molecular formula is C19H16ClFN4OS. The SMILES string of the molecule is C=CCn1c(SCC(=O)Nc2cccc(Cl)c2)nnc1-c1ccc(F)cc1. The van der Waals surface area contributed by atoms with Crippen LogP contribution in [0.3, 0.4) is 0 Å². The molecule has 3 aromatic rings. The largest absolute Gasteiger partial charge is 0.325 e. The van der Waals surface area contributed by atoms with Crippen molar-refractivity contribution >= 4 is 35.0 Å². The molecule has 1 aromatic heterocycles. The number of nitrogens with one attached hydrogen (secondary N) is 1. The van der Waals surface area contributed by atoms with Gasteiger partial charge in [-0.1, -0.05) is 35.5 Å². The summed E-state index contributed by atoms with van der Waals surface area (Å²) in [6.45, 7) is 4.22. The summed E-state index contributed by atoms with van der Waals surface area (Å²) in [6.07, 6.45) is 1.71. The summed E-state index contributed by atoms with van der Waals surface area (Å²) < 4.78 is 15.0. The molecule has 5 nitrogen and oxygen atoms in total. The van der Waals surface area contributed by atoms with Crippen molar-refractivity contribution in [3.63, 3.8) is 0 Å². The number of rotatable bonds is 7. The van der Waals surface area contributed by atoms with Gasteiger partial charge >= 0.3 is 0 Å². The average molecular weight is 403 g/mol. The second-order valence-electron chi connectivity index (χ2n) is 5.56. The van der Waals surface area contributed by atoms with Crippen molar-refractivity contribution in [3.05, 3.63) is 72.0 Å². The van der Waals surface area contributed by atoms with Crippen molar-refractivity contribution in [2.45, 2.75) is 11.7 Å². The van der Waals surface area contributed by atoms with Gasteiger partial charge in [0.1, 0.15) is 5.82 Å². The molecule has 1 N–H and O–H groups in total. The van der Waals surface area contributed by atoms with E-state index < -0.39 is 0 Å². The number of anilines is 1. The molecule has 0 aliphatic carbocycles. The van der Waals surface area contributed by atoms with Crippen molar-refractivity contribution in [2.24, 2.45) is 0 Å². The first kappa shape index (κ1) is 19.1. The van der Waals surface area contributed by atoms with E-state index in [1.165, 1.54) is 23.9 Å². The van der Waals surface area contributed by atoms with Crippen molar-refractivity contribution in [2.75, 3.05) is 11.1 Å². The Bertz CT molecular complexity index is 959. The highest BCUT2D eigenvalue weighted by molar-refractivity contribution is 7.99. The first-order chi connectivity index (χ1) is 13.1. The van der Waals surface area contributed by atoms with Crippen LogP contribution < -0.4 is 5.32 Å². The minimum absolute atomic E-state index is 0.158. The lowest BCUT2D eigenvalue weighted by Crippen LogP contribution is -2.14. The molecule has 1 amide bonds. The van der Waals surface area contributed by atoms with Gasteiger partial charge in [0.15, 0.2) is 11.0 Å². The van der Waals surface area contributed by atoms with Gasteiger partial charge in [-0.3, -0.25) is 9.36 Å². The molecule has 0 spiro atoms. The second-order valence-corrected chi connectivity index (χ2v) is 6.94. The third-order valence-corrected chi connectivity index (χ3v) is 4.77. The lowest BCUT2D eigenvalue weighted by atomic mass is 10.2. The number of halogens is 2. The van der Waals surface area contributed by atoms with E-state index in [9.17, 15) is 9.18 Å². The Kier molecular flexibility index (Phi) is 6.26. The van der Waals surface area contributed by atoms with E-state index in [1.54, 1.807) is 42.5 Å². The number of aromatic nitrogens is 3. The maximum Gasteiger partial charge on any atom is 0.234 e. The van der Waals surface area contributed by atoms with Crippen LogP contribution in [0.5, 0.6) is 0 Å². The number of carbonyl (C=O) groups excluding carboxylic acids is 1. The van der Waals surface area contributed by atoms with Crippen LogP contribution in [0.25, 0.3) is 11.4 Å². The predicted molar refractivity (Wildman–Crippen MR) is 106 cm³/mol. The molecule has 0 atom stereocenters. The fourth-order valence-corrected chi connectivity index (χ4v) is 3.33. The Labute approximate surface area is 165 Å². The van der Waals surface area contributed by atoms with E-state index in [4.69, 9.17) is 11.6 Å². The van der Waals surface area contributed by atoms with Crippen molar-refractivity contribution in [1.29, 1.82) is 0 Å². The lowest BCUT2D eigenvalue weighted by Gasteiger charge is -2.08. The molecule has 0 bridgehead atoms. The summed E-state index contributed by atoms with van der Waals surface area (Å²) in [5.41, 5.74) is 1.37. The van der Waals surface area contributed by atoms with E-state index >= 15 is 0 Å². The molecular weight excluding hydrogens is 387 g/mol. The monoisotopic (exact) mass is 402 g/mol. The maximum atomic E-state index is 13.2. The highest BCUT2D eigenvalue weighted by atomic mass is 35.5. The summed E-state index contributed by atoms with van der Waals surface area (Å²) >= 11 is 7.18. The second kappa shape index (κ2) is 8.83. The zero-order valence-electron chi connectivity index (χ0n) is 14.2. The van der Waals surface area contributed by atoms with Gasteiger partial charge in [0, 0.05) is 22.8 Å². The molecule has 0 radical (unpaired) electrons. The smallest absolute Gasteiger partial charge is 0.234 e. The summed E-state index contributed by atoms with van der Waals surface area (Å²) in [6, 6.07) is 13.0. The molecule has 0 saturated carbocycles. The minimum atomic E-state index is -0.319. The average Bonchev–Trinajstić information content (AvgIpc) is 3.04. The highest BCUT2D eigenvalue weighted by Crippen LogP contribution is 2.24. The maximum absolute atomic E-state index is 13.2. The number of amides is 1. The molecule has 0 aliphatic heterocycles. The zero-order valence-corrected chi connectivity index (χ0v) is 15.8. The van der Waals surface area contributed by atoms with Gasteiger partial charge in [-0.25, -0.2) is 4.39 Å². The Morgan fingerprint density at radius 1 is 1.26 bits per heavy atom. The fraction of sp³-hybridized carbons (Fsp3) is 0.105. The Balaban J connectivity index is 1.72. The molecule has 138 valence electrons. The van der Waals surface area contributed by atoms with Crippen molar-refractivity contribution in [1.82, 2.24) is 14.8 Å². The standard InChI is InChI=1S/C19H16ClFN4OS/c1-2-10-25-18(13-6-8-15(21)9-7-13)23-24-19(25)27-12-17(26)22-16-5-3-4-14(20)11-16/h2-9,11H,1,10,12H2,(H,22,26). The van der Waals surface area contributed by atoms with Gasteiger partial charge in [-0.15, -0.1) is 16.8 Å². The summed E-state index contributed by atoms with van der Waals surface area (Å²) in [5, 5.41) is 12.3. The molecule has 0 aliphatic rings. The van der Waals surface area contributed by atoms with E-state index in [0.717, 1.165) is 5.56 Å². The Morgan fingerprint density at radius 3 is 2.74 bits per heavy atom. The number of carbonyl (C=O) groups is 1. The number of nitrogens with zero attached hydrogens (tertiary/aromatic N) is 3. The third kappa shape index (κ3) is 4.96. The van der Waals surface area contributed by atoms with Gasteiger partial charge < -0.3 is 5.32 Å². The van der Waals surface area contributed by atoms with Crippen LogP contribution >= 0.6 is 23.4 Å². The number of hydrogen-bond acceptors (Lipinski definition) is 4. The van der Waals surface area contributed by atoms with Gasteiger partial charge in [0.05, 0.1) is 5.75 Å². The molecule has 0 unspecified atom stereocenters. The Hall–Kier alpha value is -2.64. The van der Waals surface area contributed by atoms with Crippen LogP contribution in [-0.2, 0) is 11.3 Å². The first-order valence-corrected chi connectivity index (χ1v) is 9.41. The van der Waals surface area contributed by atoms with E-state index in [0.29, 0.717) is 28.2 Å². The van der Waals surface area contributed by atoms with Crippen LogP contribution in [0.1, 0.15) is 0 Å². The molecule has 8 heteroatoms. The highest BCUT2D eigenvalue weighted by Gasteiger charge is 2.15. The molecule has 0 saturated heterocycles. The van der Waals surface area contributed by atoms with Crippen molar-refractivity contribution < 1.29 is 9.18 Å². The molecule has 1 heterocycles. The molecule has 2 aromatic carbocycles. The number of thioether (sulfide) groups is 1. The number of benzene rings is 2. The van der Waals surface area contributed by atoms with Gasteiger partial charge in [0.25, 0.3) is 0 Å². The Morgan fingerprint density at radius 2 is 2.04 bits per heavy atom. The van der Waals surface area contributed by atoms with Gasteiger partial charge in [-0.05, 0) is 42.5 Å². The quantitative estimate of drug-likeness (QED) is 0.461. The summed E-state index contributed by atoms with van der Waals surface area (Å²) in [5.74, 6) is 0.248. The zero-order chi connectivity index (χ0) is 19.2. The molecule has 3 rings (SSSR count). The molecule has 27 heavy (non-hydrogen) atoms. The molecule has 0 fully saturated rings. The van der Waals surface area contributed by atoms with Crippen molar-refractivity contribution in [3.8, 4) is 11.4 Å². The van der Waals surface area contributed by atoms with Crippen LogP contribution in [0.15, 0.2) is 66.3 Å². The van der Waals surface area contributed by atoms with Crippen LogP contribution in [0.4, 0.5) is 10.1 Å². The van der Waals surface area contributed by atoms with Gasteiger partial charge in [-0.2, -0.15) is 0 Å². The predicted octanol–water partition coefficient (Wildman–Crippen LogP) is 4.65.